The van der Waals surface area contributed by atoms with E-state index in [0.717, 1.165) is 19.4 Å². The molecular formula is C14H15FN2O2. The summed E-state index contributed by atoms with van der Waals surface area (Å²) >= 11 is 0. The molecule has 1 aliphatic rings. The van der Waals surface area contributed by atoms with Crippen LogP contribution in [0.2, 0.25) is 0 Å². The molecule has 1 aliphatic heterocycles. The molecule has 0 spiro atoms. The number of hydrogen-bond donors (Lipinski definition) is 0. The summed E-state index contributed by atoms with van der Waals surface area (Å²) in [6, 6.07) is 4.50. The molecular weight excluding hydrogens is 247 g/mol. The lowest BCUT2D eigenvalue weighted by Gasteiger charge is -2.22. The molecule has 5 heteroatoms. The number of fused-ring (bicyclic) bond motifs is 1. The van der Waals surface area contributed by atoms with Crippen molar-refractivity contribution in [1.29, 1.82) is 0 Å². The molecule has 0 radical (unpaired) electrons. The van der Waals surface area contributed by atoms with E-state index in [-0.39, 0.29) is 10.9 Å². The predicted octanol–water partition coefficient (Wildman–Crippen LogP) is 1.96. The molecule has 1 fully saturated rings. The van der Waals surface area contributed by atoms with Gasteiger partial charge in [-0.05, 0) is 25.0 Å². The highest BCUT2D eigenvalue weighted by molar-refractivity contribution is 5.77. The molecule has 1 atom stereocenters. The monoisotopic (exact) mass is 262 g/mol. The third-order valence-electron chi connectivity index (χ3n) is 3.51. The van der Waals surface area contributed by atoms with Crippen LogP contribution >= 0.6 is 0 Å². The second kappa shape index (κ2) is 5.09. The van der Waals surface area contributed by atoms with Gasteiger partial charge >= 0.3 is 0 Å². The first-order valence-corrected chi connectivity index (χ1v) is 6.47. The number of ether oxygens (including phenoxy) is 1. The van der Waals surface area contributed by atoms with Gasteiger partial charge in [-0.2, -0.15) is 0 Å². The highest BCUT2D eigenvalue weighted by Gasteiger charge is 2.16. The second-order valence-electron chi connectivity index (χ2n) is 4.92. The van der Waals surface area contributed by atoms with Gasteiger partial charge in [0.15, 0.2) is 0 Å². The van der Waals surface area contributed by atoms with Gasteiger partial charge in [-0.25, -0.2) is 9.37 Å². The van der Waals surface area contributed by atoms with Gasteiger partial charge in [0, 0.05) is 19.1 Å². The maximum Gasteiger partial charge on any atom is 0.264 e. The Kier molecular flexibility index (Phi) is 3.29. The number of benzene rings is 1. The molecule has 19 heavy (non-hydrogen) atoms. The molecule has 0 aliphatic carbocycles. The number of halogens is 1. The lowest BCUT2D eigenvalue weighted by atomic mass is 10.0. The molecule has 0 bridgehead atoms. The van der Waals surface area contributed by atoms with Crippen molar-refractivity contribution in [3.05, 3.63) is 40.7 Å². The lowest BCUT2D eigenvalue weighted by Crippen LogP contribution is -2.29. The Morgan fingerprint density at radius 3 is 3.16 bits per heavy atom. The summed E-state index contributed by atoms with van der Waals surface area (Å²) in [5, 5.41) is 0.0710. The highest BCUT2D eigenvalue weighted by atomic mass is 19.1. The fourth-order valence-electron chi connectivity index (χ4n) is 2.52. The molecule has 0 amide bonds. The first-order valence-electron chi connectivity index (χ1n) is 6.47. The number of hydrogen-bond acceptors (Lipinski definition) is 3. The minimum absolute atomic E-state index is 0.0710. The van der Waals surface area contributed by atoms with Crippen LogP contribution in [0, 0.1) is 11.7 Å². The van der Waals surface area contributed by atoms with Crippen LogP contribution in [0.25, 0.3) is 10.9 Å². The topological polar surface area (TPSA) is 44.1 Å². The van der Waals surface area contributed by atoms with Crippen molar-refractivity contribution in [3.8, 4) is 0 Å². The van der Waals surface area contributed by atoms with Gasteiger partial charge in [-0.3, -0.25) is 9.36 Å². The molecule has 1 aromatic carbocycles. The van der Waals surface area contributed by atoms with Crippen molar-refractivity contribution in [3.63, 3.8) is 0 Å². The van der Waals surface area contributed by atoms with Gasteiger partial charge in [0.2, 0.25) is 0 Å². The third-order valence-corrected chi connectivity index (χ3v) is 3.51. The Hall–Kier alpha value is -1.75. The normalized spacial score (nSPS) is 19.7. The van der Waals surface area contributed by atoms with Crippen molar-refractivity contribution in [1.82, 2.24) is 9.55 Å². The van der Waals surface area contributed by atoms with Crippen LogP contribution in [0.15, 0.2) is 29.3 Å². The summed E-state index contributed by atoms with van der Waals surface area (Å²) in [5.41, 5.74) is 0.0924. The molecule has 0 unspecified atom stereocenters. The van der Waals surface area contributed by atoms with Crippen LogP contribution in [0.3, 0.4) is 0 Å². The van der Waals surface area contributed by atoms with Gasteiger partial charge in [0.1, 0.15) is 11.2 Å². The van der Waals surface area contributed by atoms with E-state index in [9.17, 15) is 9.18 Å². The SMILES string of the molecule is O=c1c2c(F)cccc2ncn1C[C@H]1CCCOC1. The summed E-state index contributed by atoms with van der Waals surface area (Å²) in [5.74, 6) is -0.207. The molecule has 1 aromatic heterocycles. The summed E-state index contributed by atoms with van der Waals surface area (Å²) in [4.78, 5) is 16.4. The fourth-order valence-corrected chi connectivity index (χ4v) is 2.52. The molecule has 2 aromatic rings. The highest BCUT2D eigenvalue weighted by Crippen LogP contribution is 2.16. The summed E-state index contributed by atoms with van der Waals surface area (Å²) < 4.78 is 20.6. The van der Waals surface area contributed by atoms with Crippen LogP contribution in [0.5, 0.6) is 0 Å². The largest absolute Gasteiger partial charge is 0.381 e. The molecule has 4 nitrogen and oxygen atoms in total. The predicted molar refractivity (Wildman–Crippen MR) is 69.5 cm³/mol. The zero-order chi connectivity index (χ0) is 13.2. The van der Waals surface area contributed by atoms with Gasteiger partial charge in [-0.1, -0.05) is 6.07 Å². The molecule has 3 rings (SSSR count). The van der Waals surface area contributed by atoms with E-state index < -0.39 is 5.82 Å². The van der Waals surface area contributed by atoms with Crippen molar-refractivity contribution in [2.45, 2.75) is 19.4 Å². The maximum atomic E-state index is 13.7. The Bertz CT molecular complexity index is 647. The first-order chi connectivity index (χ1) is 9.25. The first kappa shape index (κ1) is 12.3. The zero-order valence-electron chi connectivity index (χ0n) is 10.5. The molecule has 1 saturated heterocycles. The van der Waals surface area contributed by atoms with Crippen LogP contribution in [-0.2, 0) is 11.3 Å². The van der Waals surface area contributed by atoms with Crippen molar-refractivity contribution >= 4 is 10.9 Å². The standard InChI is InChI=1S/C14H15FN2O2/c15-11-4-1-5-12-13(11)14(18)17(9-16-12)7-10-3-2-6-19-8-10/h1,4-5,9-10H,2-3,6-8H2/t10-/m1/s1. The van der Waals surface area contributed by atoms with E-state index in [4.69, 9.17) is 4.74 Å². The van der Waals surface area contributed by atoms with Crippen LogP contribution < -0.4 is 5.56 Å². The van der Waals surface area contributed by atoms with E-state index >= 15 is 0 Å². The molecule has 0 N–H and O–H groups in total. The Labute approximate surface area is 109 Å². The van der Waals surface area contributed by atoms with E-state index in [0.29, 0.717) is 24.6 Å². The van der Waals surface area contributed by atoms with Gasteiger partial charge < -0.3 is 4.74 Å². The quantitative estimate of drug-likeness (QED) is 0.831. The van der Waals surface area contributed by atoms with Gasteiger partial charge in [0.05, 0.1) is 18.5 Å². The van der Waals surface area contributed by atoms with Crippen molar-refractivity contribution in [2.75, 3.05) is 13.2 Å². The van der Waals surface area contributed by atoms with Crippen LogP contribution in [-0.4, -0.2) is 22.8 Å². The van der Waals surface area contributed by atoms with E-state index in [2.05, 4.69) is 4.98 Å². The van der Waals surface area contributed by atoms with Gasteiger partial charge in [-0.15, -0.1) is 0 Å². The molecule has 0 saturated carbocycles. The number of nitrogens with zero attached hydrogens (tertiary/aromatic N) is 2. The Morgan fingerprint density at radius 2 is 2.37 bits per heavy atom. The summed E-state index contributed by atoms with van der Waals surface area (Å²) in [6.45, 7) is 1.98. The van der Waals surface area contributed by atoms with Crippen LogP contribution in [0.4, 0.5) is 4.39 Å². The van der Waals surface area contributed by atoms with Crippen molar-refractivity contribution < 1.29 is 9.13 Å². The number of aromatic nitrogens is 2. The minimum Gasteiger partial charge on any atom is -0.381 e. The van der Waals surface area contributed by atoms with E-state index in [1.165, 1.54) is 17.0 Å². The van der Waals surface area contributed by atoms with E-state index in [1.807, 2.05) is 0 Å². The zero-order valence-corrected chi connectivity index (χ0v) is 10.5. The smallest absolute Gasteiger partial charge is 0.264 e. The maximum absolute atomic E-state index is 13.7. The summed E-state index contributed by atoms with van der Waals surface area (Å²) in [6.07, 6.45) is 3.54. The lowest BCUT2D eigenvalue weighted by molar-refractivity contribution is 0.0479. The van der Waals surface area contributed by atoms with Crippen LogP contribution in [0.1, 0.15) is 12.8 Å². The third kappa shape index (κ3) is 2.38. The summed E-state index contributed by atoms with van der Waals surface area (Å²) in [7, 11) is 0. The van der Waals surface area contributed by atoms with Crippen molar-refractivity contribution in [2.24, 2.45) is 5.92 Å². The Morgan fingerprint density at radius 1 is 1.47 bits per heavy atom. The fraction of sp³-hybridized carbons (Fsp3) is 0.429. The number of rotatable bonds is 2. The van der Waals surface area contributed by atoms with E-state index in [1.54, 1.807) is 12.1 Å². The molecule has 100 valence electrons. The minimum atomic E-state index is -0.510. The molecule has 2 heterocycles. The van der Waals surface area contributed by atoms with Gasteiger partial charge in [0.25, 0.3) is 5.56 Å². The second-order valence-corrected chi connectivity index (χ2v) is 4.92. The average molecular weight is 262 g/mol. The average Bonchev–Trinajstić information content (AvgIpc) is 2.43. The Balaban J connectivity index is 1.98.